The highest BCUT2D eigenvalue weighted by Gasteiger charge is 2.23. The van der Waals surface area contributed by atoms with Gasteiger partial charge in [0.2, 0.25) is 0 Å². The number of benzene rings is 1. The molecule has 1 unspecified atom stereocenters. The van der Waals surface area contributed by atoms with Crippen molar-refractivity contribution >= 4 is 16.6 Å². The number of nitrogens with two attached hydrogens (primary N) is 1. The van der Waals surface area contributed by atoms with Crippen LogP contribution in [0.15, 0.2) is 30.5 Å². The lowest BCUT2D eigenvalue weighted by Crippen LogP contribution is -2.44. The number of hydrogen-bond acceptors (Lipinski definition) is 4. The maximum Gasteiger partial charge on any atom is 0.136 e. The number of methoxy groups -OCH3 is 1. The van der Waals surface area contributed by atoms with Gasteiger partial charge in [-0.15, -0.1) is 0 Å². The Morgan fingerprint density at radius 3 is 3.05 bits per heavy atom. The number of anilines is 1. The van der Waals surface area contributed by atoms with Gasteiger partial charge in [0.15, 0.2) is 0 Å². The fourth-order valence-electron chi connectivity index (χ4n) is 3.01. The maximum absolute atomic E-state index is 5.94. The van der Waals surface area contributed by atoms with Gasteiger partial charge in [0.25, 0.3) is 0 Å². The Balaban J connectivity index is 2.09. The average molecular weight is 271 g/mol. The third-order valence-corrected chi connectivity index (χ3v) is 4.12. The molecule has 3 rings (SSSR count). The molecule has 2 aromatic rings. The lowest BCUT2D eigenvalue weighted by Gasteiger charge is -2.36. The van der Waals surface area contributed by atoms with E-state index in [0.29, 0.717) is 12.6 Å². The fraction of sp³-hybridized carbons (Fsp3) is 0.438. The van der Waals surface area contributed by atoms with Crippen LogP contribution in [-0.2, 0) is 0 Å². The molecule has 1 aromatic carbocycles. The quantitative estimate of drug-likeness (QED) is 0.932. The van der Waals surface area contributed by atoms with E-state index in [0.717, 1.165) is 29.9 Å². The minimum atomic E-state index is 0.396. The summed E-state index contributed by atoms with van der Waals surface area (Å²) in [4.78, 5) is 6.99. The zero-order valence-corrected chi connectivity index (χ0v) is 11.9. The van der Waals surface area contributed by atoms with Crippen molar-refractivity contribution in [3.63, 3.8) is 0 Å². The average Bonchev–Trinajstić information content (AvgIpc) is 2.53. The summed E-state index contributed by atoms with van der Waals surface area (Å²) in [5.41, 5.74) is 5.94. The molecule has 106 valence electrons. The molecule has 0 saturated carbocycles. The summed E-state index contributed by atoms with van der Waals surface area (Å²) in [5.74, 6) is 1.91. The highest BCUT2D eigenvalue weighted by atomic mass is 16.5. The minimum Gasteiger partial charge on any atom is -0.497 e. The summed E-state index contributed by atoms with van der Waals surface area (Å²) in [6.07, 6.45) is 5.50. The van der Waals surface area contributed by atoms with Gasteiger partial charge in [0.05, 0.1) is 7.11 Å². The molecule has 0 aliphatic carbocycles. The number of nitrogens with zero attached hydrogens (tertiary/aromatic N) is 2. The molecule has 1 aliphatic rings. The number of hydrogen-bond donors (Lipinski definition) is 1. The highest BCUT2D eigenvalue weighted by Crippen LogP contribution is 2.31. The molecule has 1 aliphatic heterocycles. The second kappa shape index (κ2) is 5.67. The molecular formula is C16H21N3O. The van der Waals surface area contributed by atoms with E-state index in [9.17, 15) is 0 Å². The molecule has 1 aromatic heterocycles. The minimum absolute atomic E-state index is 0.396. The van der Waals surface area contributed by atoms with Gasteiger partial charge in [-0.3, -0.25) is 0 Å². The van der Waals surface area contributed by atoms with Crippen LogP contribution in [0.1, 0.15) is 19.3 Å². The molecule has 4 heteroatoms. The summed E-state index contributed by atoms with van der Waals surface area (Å²) in [6.45, 7) is 1.72. The summed E-state index contributed by atoms with van der Waals surface area (Å²) in [5, 5.41) is 2.34. The van der Waals surface area contributed by atoms with Crippen molar-refractivity contribution in [3.8, 4) is 5.75 Å². The lowest BCUT2D eigenvalue weighted by molar-refractivity contribution is 0.415. The van der Waals surface area contributed by atoms with Crippen molar-refractivity contribution < 1.29 is 4.74 Å². The molecule has 1 atom stereocenters. The first kappa shape index (κ1) is 13.2. The van der Waals surface area contributed by atoms with Gasteiger partial charge in [-0.25, -0.2) is 4.98 Å². The van der Waals surface area contributed by atoms with Crippen LogP contribution in [0, 0.1) is 0 Å². The fourth-order valence-corrected chi connectivity index (χ4v) is 3.01. The van der Waals surface area contributed by atoms with Crippen LogP contribution in [-0.4, -0.2) is 31.2 Å². The van der Waals surface area contributed by atoms with E-state index < -0.39 is 0 Å². The monoisotopic (exact) mass is 271 g/mol. The van der Waals surface area contributed by atoms with Crippen LogP contribution in [0.2, 0.25) is 0 Å². The largest absolute Gasteiger partial charge is 0.497 e. The Hall–Kier alpha value is -1.81. The first-order chi connectivity index (χ1) is 9.83. The van der Waals surface area contributed by atoms with Crippen molar-refractivity contribution in [3.05, 3.63) is 30.5 Å². The number of pyridine rings is 1. The first-order valence-electron chi connectivity index (χ1n) is 7.23. The number of fused-ring (bicyclic) bond motifs is 1. The Labute approximate surface area is 119 Å². The third kappa shape index (κ3) is 2.31. The number of rotatable bonds is 3. The Morgan fingerprint density at radius 1 is 1.35 bits per heavy atom. The van der Waals surface area contributed by atoms with Gasteiger partial charge in [-0.05, 0) is 42.8 Å². The predicted octanol–water partition coefficient (Wildman–Crippen LogP) is 2.56. The second-order valence-electron chi connectivity index (χ2n) is 5.30. The maximum atomic E-state index is 5.94. The van der Waals surface area contributed by atoms with Crippen molar-refractivity contribution in [2.45, 2.75) is 25.3 Å². The summed E-state index contributed by atoms with van der Waals surface area (Å²) < 4.78 is 5.35. The van der Waals surface area contributed by atoms with E-state index in [1.807, 2.05) is 18.3 Å². The Morgan fingerprint density at radius 2 is 2.25 bits per heavy atom. The van der Waals surface area contributed by atoms with E-state index in [4.69, 9.17) is 10.5 Å². The van der Waals surface area contributed by atoms with Crippen LogP contribution in [0.4, 0.5) is 5.82 Å². The van der Waals surface area contributed by atoms with Crippen LogP contribution < -0.4 is 15.4 Å². The molecule has 0 amide bonds. The summed E-state index contributed by atoms with van der Waals surface area (Å²) in [7, 11) is 1.70. The van der Waals surface area contributed by atoms with Gasteiger partial charge in [0.1, 0.15) is 11.6 Å². The second-order valence-corrected chi connectivity index (χ2v) is 5.30. The molecule has 0 radical (unpaired) electrons. The van der Waals surface area contributed by atoms with E-state index in [-0.39, 0.29) is 0 Å². The smallest absolute Gasteiger partial charge is 0.136 e. The van der Waals surface area contributed by atoms with Crippen molar-refractivity contribution in [2.24, 2.45) is 5.73 Å². The van der Waals surface area contributed by atoms with Gasteiger partial charge < -0.3 is 15.4 Å². The zero-order valence-electron chi connectivity index (χ0n) is 11.9. The van der Waals surface area contributed by atoms with Gasteiger partial charge in [-0.2, -0.15) is 0 Å². The normalized spacial score (nSPS) is 19.3. The molecule has 1 fully saturated rings. The molecule has 0 spiro atoms. The van der Waals surface area contributed by atoms with Crippen molar-refractivity contribution in [2.75, 3.05) is 25.1 Å². The molecule has 0 bridgehead atoms. The Bertz CT molecular complexity index is 599. The summed E-state index contributed by atoms with van der Waals surface area (Å²) in [6, 6.07) is 8.58. The predicted molar refractivity (Wildman–Crippen MR) is 82.3 cm³/mol. The Kier molecular flexibility index (Phi) is 3.74. The first-order valence-corrected chi connectivity index (χ1v) is 7.23. The molecule has 20 heavy (non-hydrogen) atoms. The van der Waals surface area contributed by atoms with Gasteiger partial charge in [-0.1, -0.05) is 6.07 Å². The van der Waals surface area contributed by atoms with E-state index >= 15 is 0 Å². The van der Waals surface area contributed by atoms with Crippen molar-refractivity contribution in [1.82, 2.24) is 4.98 Å². The molecule has 1 saturated heterocycles. The third-order valence-electron chi connectivity index (χ3n) is 4.12. The van der Waals surface area contributed by atoms with Gasteiger partial charge >= 0.3 is 0 Å². The summed E-state index contributed by atoms with van der Waals surface area (Å²) >= 11 is 0. The standard InChI is InChI=1S/C16H21N3O/c1-20-14-6-5-12-7-8-18-16(15(12)10-14)19-9-3-2-4-13(19)11-17/h5-8,10,13H,2-4,9,11,17H2,1H3. The molecule has 4 nitrogen and oxygen atoms in total. The lowest BCUT2D eigenvalue weighted by atomic mass is 10.0. The SMILES string of the molecule is COc1ccc2ccnc(N3CCCCC3CN)c2c1. The van der Waals surface area contributed by atoms with E-state index in [2.05, 4.69) is 22.0 Å². The van der Waals surface area contributed by atoms with E-state index in [1.54, 1.807) is 7.11 Å². The zero-order chi connectivity index (χ0) is 13.9. The highest BCUT2D eigenvalue weighted by molar-refractivity contribution is 5.93. The number of piperidine rings is 1. The van der Waals surface area contributed by atoms with E-state index in [1.165, 1.54) is 18.2 Å². The molecule has 2 heterocycles. The number of ether oxygens (including phenoxy) is 1. The van der Waals surface area contributed by atoms with Crippen LogP contribution in [0.25, 0.3) is 10.8 Å². The van der Waals surface area contributed by atoms with Crippen LogP contribution >= 0.6 is 0 Å². The van der Waals surface area contributed by atoms with Crippen LogP contribution in [0.3, 0.4) is 0 Å². The molecular weight excluding hydrogens is 250 g/mol. The van der Waals surface area contributed by atoms with Crippen molar-refractivity contribution in [1.29, 1.82) is 0 Å². The van der Waals surface area contributed by atoms with Crippen LogP contribution in [0.5, 0.6) is 5.75 Å². The van der Waals surface area contributed by atoms with Gasteiger partial charge in [0, 0.05) is 30.7 Å². The number of aromatic nitrogens is 1. The topological polar surface area (TPSA) is 51.4 Å². The molecule has 2 N–H and O–H groups in total.